The molecule has 0 spiro atoms. The van der Waals surface area contributed by atoms with Crippen molar-refractivity contribution in [3.8, 4) is 5.75 Å². The molecule has 0 aromatic heterocycles. The van der Waals surface area contributed by atoms with E-state index in [1.54, 1.807) is 7.11 Å². The van der Waals surface area contributed by atoms with E-state index in [0.29, 0.717) is 6.54 Å². The molecule has 0 saturated carbocycles. The van der Waals surface area contributed by atoms with Gasteiger partial charge in [-0.25, -0.2) is 0 Å². The first-order valence-corrected chi connectivity index (χ1v) is 7.60. The lowest BCUT2D eigenvalue weighted by atomic mass is 10.0. The van der Waals surface area contributed by atoms with Gasteiger partial charge in [-0.3, -0.25) is 9.69 Å². The number of rotatable bonds is 6. The number of hydrogen-bond acceptors (Lipinski definition) is 4. The molecule has 1 aromatic carbocycles. The molecule has 2 N–H and O–H groups in total. The third kappa shape index (κ3) is 4.19. The van der Waals surface area contributed by atoms with Crippen LogP contribution < -0.4 is 15.4 Å². The summed E-state index contributed by atoms with van der Waals surface area (Å²) in [7, 11) is 1.69. The van der Waals surface area contributed by atoms with Gasteiger partial charge >= 0.3 is 0 Å². The highest BCUT2D eigenvalue weighted by Gasteiger charge is 2.27. The molecular weight excluding hydrogens is 266 g/mol. The molecule has 1 atom stereocenters. The van der Waals surface area contributed by atoms with E-state index in [1.165, 1.54) is 0 Å². The van der Waals surface area contributed by atoms with Crippen LogP contribution in [0.5, 0.6) is 5.75 Å². The van der Waals surface area contributed by atoms with Crippen LogP contribution in [0.4, 0.5) is 0 Å². The smallest absolute Gasteiger partial charge is 0.234 e. The van der Waals surface area contributed by atoms with Crippen molar-refractivity contribution in [1.29, 1.82) is 0 Å². The Kier molecular flexibility index (Phi) is 6.02. The second kappa shape index (κ2) is 8.00. The Morgan fingerprint density at radius 1 is 1.48 bits per heavy atom. The van der Waals surface area contributed by atoms with E-state index >= 15 is 0 Å². The maximum Gasteiger partial charge on any atom is 0.234 e. The highest BCUT2D eigenvalue weighted by atomic mass is 16.5. The lowest BCUT2D eigenvalue weighted by Gasteiger charge is -2.36. The van der Waals surface area contributed by atoms with Crippen LogP contribution in [0.2, 0.25) is 0 Å². The van der Waals surface area contributed by atoms with Crippen LogP contribution in [-0.4, -0.2) is 50.6 Å². The second-order valence-electron chi connectivity index (χ2n) is 5.28. The third-order valence-electron chi connectivity index (χ3n) is 3.77. The average molecular weight is 291 g/mol. The van der Waals surface area contributed by atoms with Crippen molar-refractivity contribution in [2.75, 3.05) is 39.8 Å². The summed E-state index contributed by atoms with van der Waals surface area (Å²) in [5.74, 6) is 0.976. The Morgan fingerprint density at radius 2 is 2.29 bits per heavy atom. The second-order valence-corrected chi connectivity index (χ2v) is 5.28. The minimum Gasteiger partial charge on any atom is -0.496 e. The fourth-order valence-corrected chi connectivity index (χ4v) is 2.69. The number of nitrogens with one attached hydrogen (secondary N) is 2. The zero-order valence-electron chi connectivity index (χ0n) is 12.9. The first kappa shape index (κ1) is 15.8. The molecule has 1 amide bonds. The van der Waals surface area contributed by atoms with E-state index < -0.39 is 0 Å². The maximum atomic E-state index is 12.0. The Hall–Kier alpha value is -1.59. The van der Waals surface area contributed by atoms with Gasteiger partial charge in [0.15, 0.2) is 0 Å². The molecule has 1 saturated heterocycles. The van der Waals surface area contributed by atoms with E-state index in [0.717, 1.165) is 43.9 Å². The van der Waals surface area contributed by atoms with Crippen molar-refractivity contribution >= 4 is 5.91 Å². The number of piperazine rings is 1. The SMILES string of the molecule is CCCNC(=O)CN1CCNCC1c1ccccc1OC. The van der Waals surface area contributed by atoms with Gasteiger partial charge in [0.1, 0.15) is 5.75 Å². The maximum absolute atomic E-state index is 12.0. The van der Waals surface area contributed by atoms with Gasteiger partial charge < -0.3 is 15.4 Å². The van der Waals surface area contributed by atoms with Crippen LogP contribution in [0.1, 0.15) is 24.9 Å². The fourth-order valence-electron chi connectivity index (χ4n) is 2.69. The van der Waals surface area contributed by atoms with Crippen molar-refractivity contribution in [1.82, 2.24) is 15.5 Å². The van der Waals surface area contributed by atoms with Gasteiger partial charge in [-0.2, -0.15) is 0 Å². The van der Waals surface area contributed by atoms with Crippen LogP contribution in [0, 0.1) is 0 Å². The lowest BCUT2D eigenvalue weighted by molar-refractivity contribution is -0.123. The molecule has 5 heteroatoms. The summed E-state index contributed by atoms with van der Waals surface area (Å²) in [5.41, 5.74) is 1.13. The Balaban J connectivity index is 2.09. The minimum absolute atomic E-state index is 0.0960. The molecular formula is C16H25N3O2. The summed E-state index contributed by atoms with van der Waals surface area (Å²) in [6, 6.07) is 8.20. The summed E-state index contributed by atoms with van der Waals surface area (Å²) in [5, 5.41) is 6.35. The number of methoxy groups -OCH3 is 1. The quantitative estimate of drug-likeness (QED) is 0.826. The van der Waals surface area contributed by atoms with E-state index in [2.05, 4.69) is 28.5 Å². The highest BCUT2D eigenvalue weighted by molar-refractivity contribution is 5.78. The fraction of sp³-hybridized carbons (Fsp3) is 0.562. The lowest BCUT2D eigenvalue weighted by Crippen LogP contribution is -2.49. The number of para-hydroxylation sites is 1. The van der Waals surface area contributed by atoms with Gasteiger partial charge in [-0.05, 0) is 12.5 Å². The summed E-state index contributed by atoms with van der Waals surface area (Å²) < 4.78 is 5.46. The van der Waals surface area contributed by atoms with Gasteiger partial charge in [-0.15, -0.1) is 0 Å². The molecule has 1 aliphatic heterocycles. The third-order valence-corrected chi connectivity index (χ3v) is 3.77. The molecule has 0 bridgehead atoms. The van der Waals surface area contributed by atoms with Crippen LogP contribution >= 0.6 is 0 Å². The van der Waals surface area contributed by atoms with E-state index in [1.807, 2.05) is 18.2 Å². The summed E-state index contributed by atoms with van der Waals surface area (Å²) in [4.78, 5) is 14.2. The normalized spacial score (nSPS) is 19.2. The monoisotopic (exact) mass is 291 g/mol. The van der Waals surface area contributed by atoms with Crippen molar-refractivity contribution in [2.45, 2.75) is 19.4 Å². The molecule has 2 rings (SSSR count). The molecule has 1 aliphatic rings. The molecule has 0 radical (unpaired) electrons. The van der Waals surface area contributed by atoms with E-state index in [9.17, 15) is 4.79 Å². The topological polar surface area (TPSA) is 53.6 Å². The average Bonchev–Trinajstić information content (AvgIpc) is 2.53. The van der Waals surface area contributed by atoms with Gasteiger partial charge in [0, 0.05) is 31.7 Å². The van der Waals surface area contributed by atoms with Crippen molar-refractivity contribution in [2.24, 2.45) is 0 Å². The Bertz CT molecular complexity index is 465. The van der Waals surface area contributed by atoms with Crippen LogP contribution in [-0.2, 0) is 4.79 Å². The van der Waals surface area contributed by atoms with E-state index in [-0.39, 0.29) is 11.9 Å². The van der Waals surface area contributed by atoms with Crippen molar-refractivity contribution in [3.63, 3.8) is 0 Å². The molecule has 1 aromatic rings. The number of amides is 1. The summed E-state index contributed by atoms with van der Waals surface area (Å²) in [6.07, 6.45) is 0.962. The largest absolute Gasteiger partial charge is 0.496 e. The number of carbonyl (C=O) groups excluding carboxylic acids is 1. The first-order chi connectivity index (χ1) is 10.3. The van der Waals surface area contributed by atoms with Crippen LogP contribution in [0.15, 0.2) is 24.3 Å². The summed E-state index contributed by atoms with van der Waals surface area (Å²) >= 11 is 0. The molecule has 1 heterocycles. The van der Waals surface area contributed by atoms with Crippen LogP contribution in [0.25, 0.3) is 0 Å². The number of ether oxygens (including phenoxy) is 1. The minimum atomic E-state index is 0.0960. The Morgan fingerprint density at radius 3 is 3.05 bits per heavy atom. The Labute approximate surface area is 126 Å². The molecule has 1 unspecified atom stereocenters. The first-order valence-electron chi connectivity index (χ1n) is 7.60. The van der Waals surface area contributed by atoms with Gasteiger partial charge in [-0.1, -0.05) is 25.1 Å². The molecule has 21 heavy (non-hydrogen) atoms. The number of hydrogen-bond donors (Lipinski definition) is 2. The van der Waals surface area contributed by atoms with Crippen molar-refractivity contribution in [3.05, 3.63) is 29.8 Å². The molecule has 5 nitrogen and oxygen atoms in total. The molecule has 1 fully saturated rings. The van der Waals surface area contributed by atoms with E-state index in [4.69, 9.17) is 4.74 Å². The van der Waals surface area contributed by atoms with Crippen LogP contribution in [0.3, 0.4) is 0 Å². The number of benzene rings is 1. The van der Waals surface area contributed by atoms with Crippen molar-refractivity contribution < 1.29 is 9.53 Å². The highest BCUT2D eigenvalue weighted by Crippen LogP contribution is 2.29. The zero-order valence-corrected chi connectivity index (χ0v) is 12.9. The number of nitrogens with zero attached hydrogens (tertiary/aromatic N) is 1. The van der Waals surface area contributed by atoms with Gasteiger partial charge in [0.05, 0.1) is 19.7 Å². The molecule has 116 valence electrons. The van der Waals surface area contributed by atoms with Gasteiger partial charge in [0.2, 0.25) is 5.91 Å². The predicted octanol–water partition coefficient (Wildman–Crippen LogP) is 1.17. The zero-order chi connectivity index (χ0) is 15.1. The molecule has 0 aliphatic carbocycles. The summed E-state index contributed by atoms with van der Waals surface area (Å²) in [6.45, 7) is 5.84. The number of carbonyl (C=O) groups is 1. The standard InChI is InChI=1S/C16H25N3O2/c1-3-8-18-16(20)12-19-10-9-17-11-14(19)13-6-4-5-7-15(13)21-2/h4-7,14,17H,3,8-12H2,1-2H3,(H,18,20). The predicted molar refractivity (Wildman–Crippen MR) is 83.5 cm³/mol. The van der Waals surface area contributed by atoms with Gasteiger partial charge in [0.25, 0.3) is 0 Å².